The highest BCUT2D eigenvalue weighted by Gasteiger charge is 2.34. The number of ether oxygens (including phenoxy) is 1. The molecular formula is C15H23NO4S. The maximum absolute atomic E-state index is 12.3. The van der Waals surface area contributed by atoms with Crippen molar-refractivity contribution < 1.29 is 19.4 Å². The minimum atomic E-state index is -1.05. The number of nitrogens with zero attached hydrogens (tertiary/aromatic N) is 1. The van der Waals surface area contributed by atoms with Crippen LogP contribution < -0.4 is 0 Å². The maximum atomic E-state index is 12.3. The minimum absolute atomic E-state index is 0.336. The van der Waals surface area contributed by atoms with Crippen molar-refractivity contribution >= 4 is 23.4 Å². The molecule has 118 valence electrons. The van der Waals surface area contributed by atoms with Crippen LogP contribution in [0, 0.1) is 6.92 Å². The van der Waals surface area contributed by atoms with Crippen LogP contribution >= 0.6 is 11.3 Å². The lowest BCUT2D eigenvalue weighted by Crippen LogP contribution is -2.42. The third-order valence-electron chi connectivity index (χ3n) is 2.67. The van der Waals surface area contributed by atoms with Gasteiger partial charge in [-0.15, -0.1) is 11.3 Å². The third kappa shape index (κ3) is 5.04. The fourth-order valence-corrected chi connectivity index (χ4v) is 2.88. The van der Waals surface area contributed by atoms with E-state index in [4.69, 9.17) is 4.74 Å². The van der Waals surface area contributed by atoms with E-state index in [0.717, 1.165) is 4.88 Å². The molecule has 1 amide bonds. The van der Waals surface area contributed by atoms with Crippen molar-refractivity contribution in [1.82, 2.24) is 4.90 Å². The molecule has 0 radical (unpaired) electrons. The molecule has 0 spiro atoms. The molecule has 1 atom stereocenters. The zero-order chi connectivity index (χ0) is 16.2. The van der Waals surface area contributed by atoms with Crippen molar-refractivity contribution in [1.29, 1.82) is 0 Å². The van der Waals surface area contributed by atoms with E-state index in [1.54, 1.807) is 26.8 Å². The van der Waals surface area contributed by atoms with Crippen LogP contribution in [0.15, 0.2) is 12.1 Å². The Hall–Kier alpha value is -1.56. The Kier molecular flexibility index (Phi) is 5.78. The quantitative estimate of drug-likeness (QED) is 0.897. The first-order chi connectivity index (χ1) is 9.65. The van der Waals surface area contributed by atoms with Gasteiger partial charge in [0.1, 0.15) is 5.60 Å². The molecule has 0 aliphatic carbocycles. The molecule has 21 heavy (non-hydrogen) atoms. The second-order valence-electron chi connectivity index (χ2n) is 5.86. The summed E-state index contributed by atoms with van der Waals surface area (Å²) in [6, 6.07) is 2.61. The van der Waals surface area contributed by atoms with E-state index < -0.39 is 23.7 Å². The lowest BCUT2D eigenvalue weighted by Gasteiger charge is -2.30. The Morgan fingerprint density at radius 1 is 1.38 bits per heavy atom. The lowest BCUT2D eigenvalue weighted by molar-refractivity contribution is -0.143. The average molecular weight is 313 g/mol. The van der Waals surface area contributed by atoms with Crippen LogP contribution in [0.1, 0.15) is 49.9 Å². The molecule has 1 heterocycles. The SMILES string of the molecule is CCCN(C(=O)OC(C)(C)C)C(C(=O)O)c1ccc(C)s1. The smallest absolute Gasteiger partial charge is 0.411 e. The van der Waals surface area contributed by atoms with Crippen LogP contribution in [-0.2, 0) is 9.53 Å². The van der Waals surface area contributed by atoms with Crippen LogP contribution in [0.2, 0.25) is 0 Å². The summed E-state index contributed by atoms with van der Waals surface area (Å²) in [5.74, 6) is -1.05. The molecule has 1 aromatic rings. The predicted molar refractivity (Wildman–Crippen MR) is 82.7 cm³/mol. The van der Waals surface area contributed by atoms with Gasteiger partial charge >= 0.3 is 12.1 Å². The molecule has 6 heteroatoms. The van der Waals surface area contributed by atoms with Crippen LogP contribution in [0.5, 0.6) is 0 Å². The number of hydrogen-bond acceptors (Lipinski definition) is 4. The predicted octanol–water partition coefficient (Wildman–Crippen LogP) is 3.83. The highest BCUT2D eigenvalue weighted by Crippen LogP contribution is 2.29. The Morgan fingerprint density at radius 3 is 2.38 bits per heavy atom. The number of hydrogen-bond donors (Lipinski definition) is 1. The van der Waals surface area contributed by atoms with Gasteiger partial charge in [-0.3, -0.25) is 4.90 Å². The number of rotatable bonds is 5. The van der Waals surface area contributed by atoms with E-state index in [9.17, 15) is 14.7 Å². The number of carboxylic acid groups (broad SMARTS) is 1. The molecule has 1 N–H and O–H groups in total. The molecule has 1 aromatic heterocycles. The number of carbonyl (C=O) groups excluding carboxylic acids is 1. The fraction of sp³-hybridized carbons (Fsp3) is 0.600. The van der Waals surface area contributed by atoms with Crippen molar-refractivity contribution in [2.24, 2.45) is 0 Å². The van der Waals surface area contributed by atoms with Gasteiger partial charge in [-0.1, -0.05) is 6.92 Å². The standard InChI is InChI=1S/C15H23NO4S/c1-6-9-16(14(19)20-15(3,4)5)12(13(17)18)11-8-7-10(2)21-11/h7-8,12H,6,9H2,1-5H3,(H,17,18). The van der Waals surface area contributed by atoms with Crippen LogP contribution in [0.25, 0.3) is 0 Å². The summed E-state index contributed by atoms with van der Waals surface area (Å²) in [5, 5.41) is 9.54. The monoisotopic (exact) mass is 313 g/mol. The summed E-state index contributed by atoms with van der Waals surface area (Å²) in [5.41, 5.74) is -0.655. The van der Waals surface area contributed by atoms with Crippen molar-refractivity contribution in [3.05, 3.63) is 21.9 Å². The number of carbonyl (C=O) groups is 2. The van der Waals surface area contributed by atoms with Crippen molar-refractivity contribution in [3.8, 4) is 0 Å². The molecule has 1 rings (SSSR count). The lowest BCUT2D eigenvalue weighted by atomic mass is 10.2. The van der Waals surface area contributed by atoms with E-state index in [-0.39, 0.29) is 0 Å². The average Bonchev–Trinajstić information content (AvgIpc) is 2.72. The van der Waals surface area contributed by atoms with E-state index in [1.807, 2.05) is 19.9 Å². The van der Waals surface area contributed by atoms with Gasteiger partial charge in [0.25, 0.3) is 0 Å². The summed E-state index contributed by atoms with van der Waals surface area (Å²) in [6.07, 6.45) is 0.0655. The summed E-state index contributed by atoms with van der Waals surface area (Å²) in [7, 11) is 0. The maximum Gasteiger partial charge on any atom is 0.411 e. The van der Waals surface area contributed by atoms with Crippen molar-refractivity contribution in [2.45, 2.75) is 52.7 Å². The summed E-state index contributed by atoms with van der Waals surface area (Å²) >= 11 is 1.38. The normalized spacial score (nSPS) is 12.8. The van der Waals surface area contributed by atoms with Crippen LogP contribution in [0.4, 0.5) is 4.79 Å². The van der Waals surface area contributed by atoms with E-state index in [0.29, 0.717) is 17.8 Å². The van der Waals surface area contributed by atoms with Gasteiger partial charge in [-0.2, -0.15) is 0 Å². The molecule has 0 aromatic carbocycles. The number of aliphatic carboxylic acids is 1. The number of carboxylic acids is 1. The van der Waals surface area contributed by atoms with E-state index >= 15 is 0 Å². The van der Waals surface area contributed by atoms with Gasteiger partial charge < -0.3 is 9.84 Å². The zero-order valence-corrected chi connectivity index (χ0v) is 14.0. The van der Waals surface area contributed by atoms with Crippen molar-refractivity contribution in [3.63, 3.8) is 0 Å². The van der Waals surface area contributed by atoms with Gasteiger partial charge in [0.15, 0.2) is 6.04 Å². The summed E-state index contributed by atoms with van der Waals surface area (Å²) in [6.45, 7) is 9.43. The number of aryl methyl sites for hydroxylation is 1. The first kappa shape index (κ1) is 17.5. The topological polar surface area (TPSA) is 66.8 Å². The van der Waals surface area contributed by atoms with E-state index in [2.05, 4.69) is 0 Å². The van der Waals surface area contributed by atoms with Gasteiger partial charge in [0.2, 0.25) is 0 Å². The largest absolute Gasteiger partial charge is 0.479 e. The minimum Gasteiger partial charge on any atom is -0.479 e. The zero-order valence-electron chi connectivity index (χ0n) is 13.2. The second kappa shape index (κ2) is 6.93. The summed E-state index contributed by atoms with van der Waals surface area (Å²) < 4.78 is 5.34. The van der Waals surface area contributed by atoms with Gasteiger partial charge in [0, 0.05) is 16.3 Å². The van der Waals surface area contributed by atoms with Gasteiger partial charge in [-0.25, -0.2) is 9.59 Å². The van der Waals surface area contributed by atoms with Crippen LogP contribution in [-0.4, -0.2) is 34.2 Å². The fourth-order valence-electron chi connectivity index (χ4n) is 1.90. The Balaban J connectivity index is 3.09. The molecule has 1 unspecified atom stereocenters. The summed E-state index contributed by atoms with van der Waals surface area (Å²) in [4.78, 5) is 26.9. The third-order valence-corrected chi connectivity index (χ3v) is 3.72. The molecule has 0 saturated carbocycles. The molecule has 0 fully saturated rings. The number of thiophene rings is 1. The molecule has 0 bridgehead atoms. The molecular weight excluding hydrogens is 290 g/mol. The van der Waals surface area contributed by atoms with Crippen LogP contribution in [0.3, 0.4) is 0 Å². The van der Waals surface area contributed by atoms with Gasteiger partial charge in [-0.05, 0) is 46.2 Å². The highest BCUT2D eigenvalue weighted by molar-refractivity contribution is 7.12. The molecule has 0 saturated heterocycles. The Labute approximate surface area is 129 Å². The second-order valence-corrected chi connectivity index (χ2v) is 7.18. The first-order valence-electron chi connectivity index (χ1n) is 6.94. The Bertz CT molecular complexity index is 504. The first-order valence-corrected chi connectivity index (χ1v) is 7.76. The highest BCUT2D eigenvalue weighted by atomic mass is 32.1. The molecule has 5 nitrogen and oxygen atoms in total. The number of amides is 1. The Morgan fingerprint density at radius 2 is 2.00 bits per heavy atom. The van der Waals surface area contributed by atoms with Gasteiger partial charge in [0.05, 0.1) is 0 Å². The van der Waals surface area contributed by atoms with E-state index in [1.165, 1.54) is 16.2 Å². The molecule has 0 aliphatic rings. The molecule has 0 aliphatic heterocycles. The van der Waals surface area contributed by atoms with Crippen molar-refractivity contribution in [2.75, 3.05) is 6.54 Å².